The molecule has 1 aromatic carbocycles. The molecule has 8 heteroatoms. The monoisotopic (exact) mass is 490 g/mol. The molecule has 1 fully saturated rings. The van der Waals surface area contributed by atoms with Crippen LogP contribution in [-0.2, 0) is 13.6 Å². The van der Waals surface area contributed by atoms with Gasteiger partial charge in [0.2, 0.25) is 0 Å². The lowest BCUT2D eigenvalue weighted by Crippen LogP contribution is -2.72. The molecule has 0 aliphatic carbocycles. The zero-order valence-electron chi connectivity index (χ0n) is 22.2. The SMILES string of the molecule is CN1[C@H](C(=O)O)CC2C(=Nc3ccccc32)C1(O[Si](C)(C)C(C)(C)C)O[Si](C)(C)C(C)(C)C. The first-order valence-corrected chi connectivity index (χ1v) is 17.7. The van der Waals surface area contributed by atoms with Gasteiger partial charge in [0, 0.05) is 5.92 Å². The second-order valence-electron chi connectivity index (χ2n) is 12.6. The Morgan fingerprint density at radius 1 is 1.03 bits per heavy atom. The largest absolute Gasteiger partial charge is 0.480 e. The van der Waals surface area contributed by atoms with Crippen LogP contribution < -0.4 is 0 Å². The smallest absolute Gasteiger partial charge is 0.321 e. The minimum absolute atomic E-state index is 0.0880. The highest BCUT2D eigenvalue weighted by atomic mass is 28.4. The first-order chi connectivity index (χ1) is 14.8. The van der Waals surface area contributed by atoms with Crippen molar-refractivity contribution in [1.29, 1.82) is 0 Å². The second-order valence-corrected chi connectivity index (χ2v) is 22.1. The van der Waals surface area contributed by atoms with E-state index in [1.165, 1.54) is 0 Å². The van der Waals surface area contributed by atoms with E-state index < -0.39 is 34.6 Å². The zero-order valence-corrected chi connectivity index (χ0v) is 24.2. The maximum Gasteiger partial charge on any atom is 0.321 e. The van der Waals surface area contributed by atoms with E-state index >= 15 is 0 Å². The summed E-state index contributed by atoms with van der Waals surface area (Å²) in [6.07, 6.45) is 0.450. The van der Waals surface area contributed by atoms with Gasteiger partial charge in [0.1, 0.15) is 6.04 Å². The Hall–Kier alpha value is -1.33. The van der Waals surface area contributed by atoms with Gasteiger partial charge in [0.15, 0.2) is 16.6 Å². The van der Waals surface area contributed by atoms with Gasteiger partial charge >= 0.3 is 5.97 Å². The maximum absolute atomic E-state index is 12.5. The predicted octanol–water partition coefficient (Wildman–Crippen LogP) is 6.34. The lowest BCUT2D eigenvalue weighted by molar-refractivity contribution is -0.207. The molecule has 2 aliphatic rings. The van der Waals surface area contributed by atoms with Crippen molar-refractivity contribution in [3.05, 3.63) is 29.8 Å². The molecular formula is C25H42N2O4Si2. The van der Waals surface area contributed by atoms with Gasteiger partial charge in [-0.2, -0.15) is 0 Å². The molecule has 0 radical (unpaired) electrons. The van der Waals surface area contributed by atoms with Gasteiger partial charge in [-0.3, -0.25) is 4.79 Å². The maximum atomic E-state index is 12.5. The Balaban J connectivity index is 2.29. The molecule has 1 saturated heterocycles. The van der Waals surface area contributed by atoms with Gasteiger partial charge in [0.05, 0.1) is 11.4 Å². The summed E-state index contributed by atoms with van der Waals surface area (Å²) in [5, 5.41) is 10.1. The predicted molar refractivity (Wildman–Crippen MR) is 139 cm³/mol. The summed E-state index contributed by atoms with van der Waals surface area (Å²) < 4.78 is 14.4. The molecule has 1 unspecified atom stereocenters. The number of fused-ring (bicyclic) bond motifs is 3. The van der Waals surface area contributed by atoms with Crippen LogP contribution in [0.25, 0.3) is 0 Å². The van der Waals surface area contributed by atoms with E-state index in [0.29, 0.717) is 6.42 Å². The van der Waals surface area contributed by atoms with Crippen LogP contribution in [0.1, 0.15) is 59.4 Å². The number of benzene rings is 1. The summed E-state index contributed by atoms with van der Waals surface area (Å²) in [6.45, 7) is 21.9. The lowest BCUT2D eigenvalue weighted by Gasteiger charge is -2.57. The molecule has 0 amide bonds. The summed E-state index contributed by atoms with van der Waals surface area (Å²) in [7, 11) is -2.99. The normalized spacial score (nSPS) is 23.7. The van der Waals surface area contributed by atoms with Crippen molar-refractivity contribution in [3.8, 4) is 0 Å². The highest BCUT2D eigenvalue weighted by molar-refractivity contribution is 6.75. The van der Waals surface area contributed by atoms with Crippen molar-refractivity contribution in [2.24, 2.45) is 4.99 Å². The van der Waals surface area contributed by atoms with Gasteiger partial charge < -0.3 is 14.0 Å². The number of nitrogens with zero attached hydrogens (tertiary/aromatic N) is 2. The Labute approximate surface area is 201 Å². The summed E-state index contributed by atoms with van der Waals surface area (Å²) in [4.78, 5) is 19.4. The number of carbonyl (C=O) groups is 1. The van der Waals surface area contributed by atoms with E-state index in [0.717, 1.165) is 17.0 Å². The number of hydrogen-bond donors (Lipinski definition) is 1. The standard InChI is InChI=1S/C25H42N2O4Si2/c1-23(2,3)32(8,9)30-25(31-33(10,11)24(4,5)6)21-18(16-20(22(28)29)27(25)7)17-14-12-13-15-19(17)26-21/h12-15,18,20H,16H2,1-11H3,(H,28,29)/t18?,20-/m0/s1. The lowest BCUT2D eigenvalue weighted by atomic mass is 9.83. The molecule has 0 spiro atoms. The number of rotatable bonds is 5. The van der Waals surface area contributed by atoms with Crippen LogP contribution in [-0.4, -0.2) is 57.3 Å². The van der Waals surface area contributed by atoms with Gasteiger partial charge in [0.25, 0.3) is 5.91 Å². The first-order valence-electron chi connectivity index (χ1n) is 11.9. The van der Waals surface area contributed by atoms with Crippen LogP contribution in [0.3, 0.4) is 0 Å². The fourth-order valence-electron chi connectivity index (χ4n) is 4.07. The average Bonchev–Trinajstić information content (AvgIpc) is 3.01. The molecule has 6 nitrogen and oxygen atoms in total. The second kappa shape index (κ2) is 8.12. The van der Waals surface area contributed by atoms with Gasteiger partial charge in [-0.25, -0.2) is 9.89 Å². The fraction of sp³-hybridized carbons (Fsp3) is 0.680. The van der Waals surface area contributed by atoms with Gasteiger partial charge in [-0.15, -0.1) is 0 Å². The molecule has 0 bridgehead atoms. The summed E-state index contributed by atoms with van der Waals surface area (Å²) in [5.74, 6) is -2.33. The molecule has 2 atom stereocenters. The molecule has 0 saturated carbocycles. The average molecular weight is 491 g/mol. The third-order valence-corrected chi connectivity index (χ3v) is 17.1. The van der Waals surface area contributed by atoms with Crippen LogP contribution in [0.5, 0.6) is 0 Å². The molecule has 2 heterocycles. The third kappa shape index (κ3) is 4.40. The van der Waals surface area contributed by atoms with Crippen molar-refractivity contribution in [2.45, 2.75) is 102 Å². The van der Waals surface area contributed by atoms with E-state index in [4.69, 9.17) is 13.8 Å². The summed E-state index contributed by atoms with van der Waals surface area (Å²) in [6, 6.07) is 7.29. The Kier molecular flexibility index (Phi) is 6.47. The number of carboxylic acids is 1. The zero-order chi connectivity index (χ0) is 25.2. The molecular weight excluding hydrogens is 448 g/mol. The van der Waals surface area contributed by atoms with Crippen molar-refractivity contribution in [2.75, 3.05) is 7.05 Å². The summed E-state index contributed by atoms with van der Waals surface area (Å²) in [5.41, 5.74) is 2.76. The van der Waals surface area contributed by atoms with E-state index in [1.807, 2.05) is 30.1 Å². The number of aliphatic imine (C=N–C) groups is 1. The topological polar surface area (TPSA) is 71.4 Å². The number of hydrogen-bond acceptors (Lipinski definition) is 5. The molecule has 184 valence electrons. The molecule has 1 aromatic rings. The number of aliphatic carboxylic acids is 1. The van der Waals surface area contributed by atoms with Crippen LogP contribution in [0.2, 0.25) is 36.3 Å². The molecule has 2 aliphatic heterocycles. The number of piperidine rings is 1. The Morgan fingerprint density at radius 3 is 1.97 bits per heavy atom. The van der Waals surface area contributed by atoms with E-state index in [1.54, 1.807) is 0 Å². The van der Waals surface area contributed by atoms with Crippen LogP contribution >= 0.6 is 0 Å². The number of para-hydroxylation sites is 1. The van der Waals surface area contributed by atoms with Gasteiger partial charge in [-0.05, 0) is 61.4 Å². The third-order valence-electron chi connectivity index (χ3n) is 8.28. The van der Waals surface area contributed by atoms with Crippen LogP contribution in [0, 0.1) is 0 Å². The van der Waals surface area contributed by atoms with Crippen LogP contribution in [0.15, 0.2) is 29.3 Å². The van der Waals surface area contributed by atoms with Crippen molar-refractivity contribution in [1.82, 2.24) is 4.90 Å². The van der Waals surface area contributed by atoms with Crippen molar-refractivity contribution in [3.63, 3.8) is 0 Å². The molecule has 1 N–H and O–H groups in total. The molecule has 33 heavy (non-hydrogen) atoms. The highest BCUT2D eigenvalue weighted by Gasteiger charge is 2.62. The highest BCUT2D eigenvalue weighted by Crippen LogP contribution is 2.52. The number of carboxylic acid groups (broad SMARTS) is 1. The summed E-state index contributed by atoms with van der Waals surface area (Å²) >= 11 is 0. The van der Waals surface area contributed by atoms with E-state index in [9.17, 15) is 9.90 Å². The van der Waals surface area contributed by atoms with E-state index in [-0.39, 0.29) is 16.0 Å². The Bertz CT molecular complexity index is 932. The minimum Gasteiger partial charge on any atom is -0.480 e. The first kappa shape index (κ1) is 26.3. The van der Waals surface area contributed by atoms with Crippen molar-refractivity contribution >= 4 is 34.0 Å². The number of likely N-dealkylation sites (N-methyl/N-ethyl adjacent to an activating group) is 1. The fourth-order valence-corrected chi connectivity index (χ4v) is 6.73. The molecule has 0 aromatic heterocycles. The van der Waals surface area contributed by atoms with Gasteiger partial charge in [-0.1, -0.05) is 59.7 Å². The van der Waals surface area contributed by atoms with Crippen LogP contribution in [0.4, 0.5) is 5.69 Å². The Morgan fingerprint density at radius 2 is 1.52 bits per heavy atom. The number of likely N-dealkylation sites (tertiary alicyclic amines) is 1. The molecule has 3 rings (SSSR count). The van der Waals surface area contributed by atoms with Crippen molar-refractivity contribution < 1.29 is 18.8 Å². The minimum atomic E-state index is -2.41. The quantitative estimate of drug-likeness (QED) is 0.385. The van der Waals surface area contributed by atoms with E-state index in [2.05, 4.69) is 73.8 Å².